The van der Waals surface area contributed by atoms with E-state index in [0.29, 0.717) is 18.1 Å². The Kier molecular flexibility index (Phi) is 5.80. The molecule has 4 nitrogen and oxygen atoms in total. The van der Waals surface area contributed by atoms with Crippen molar-refractivity contribution < 1.29 is 19.0 Å². The second kappa shape index (κ2) is 8.03. The number of rotatable bonds is 6. The minimum absolute atomic E-state index is 0.405. The van der Waals surface area contributed by atoms with Crippen molar-refractivity contribution in [3.8, 4) is 11.5 Å². The second-order valence-electron chi connectivity index (χ2n) is 4.75. The van der Waals surface area contributed by atoms with E-state index in [1.165, 1.54) is 13.2 Å². The first kappa shape index (κ1) is 16.6. The highest BCUT2D eigenvalue weighted by Gasteiger charge is 2.12. The number of ether oxygens (including phenoxy) is 3. The molecule has 4 heteroatoms. The van der Waals surface area contributed by atoms with E-state index in [2.05, 4.69) is 0 Å². The molecule has 2 rings (SSSR count). The fourth-order valence-corrected chi connectivity index (χ4v) is 2.24. The van der Waals surface area contributed by atoms with Crippen LogP contribution in [0, 0.1) is 0 Å². The van der Waals surface area contributed by atoms with Gasteiger partial charge >= 0.3 is 5.97 Å². The minimum Gasteiger partial charge on any atom is -0.493 e. The monoisotopic (exact) mass is 312 g/mol. The molecule has 0 bridgehead atoms. The Morgan fingerprint density at radius 1 is 1.00 bits per heavy atom. The van der Waals surface area contributed by atoms with E-state index >= 15 is 0 Å². The lowest BCUT2D eigenvalue weighted by molar-refractivity contribution is -0.134. The van der Waals surface area contributed by atoms with E-state index in [0.717, 1.165) is 16.7 Å². The van der Waals surface area contributed by atoms with E-state index < -0.39 is 5.97 Å². The maximum absolute atomic E-state index is 11.7. The molecule has 23 heavy (non-hydrogen) atoms. The van der Waals surface area contributed by atoms with Gasteiger partial charge in [-0.2, -0.15) is 0 Å². The molecule has 0 aliphatic carbocycles. The summed E-state index contributed by atoms with van der Waals surface area (Å²) in [6, 6.07) is 15.3. The molecular weight excluding hydrogens is 292 g/mol. The molecule has 0 aliphatic heterocycles. The van der Waals surface area contributed by atoms with E-state index in [4.69, 9.17) is 14.2 Å². The summed E-state index contributed by atoms with van der Waals surface area (Å²) in [6.07, 6.45) is 1.48. The molecule has 120 valence electrons. The SMILES string of the molecule is CCOc1cc(C(=CC(=O)OC)c2ccccc2)ccc1OC. The van der Waals surface area contributed by atoms with Gasteiger partial charge in [0.1, 0.15) is 0 Å². The Balaban J connectivity index is 2.54. The predicted molar refractivity (Wildman–Crippen MR) is 89.7 cm³/mol. The Labute approximate surface area is 136 Å². The number of carbonyl (C=O) groups is 1. The van der Waals surface area contributed by atoms with Crippen molar-refractivity contribution in [3.63, 3.8) is 0 Å². The van der Waals surface area contributed by atoms with Crippen LogP contribution in [0.25, 0.3) is 5.57 Å². The summed E-state index contributed by atoms with van der Waals surface area (Å²) in [7, 11) is 2.96. The average molecular weight is 312 g/mol. The summed E-state index contributed by atoms with van der Waals surface area (Å²) < 4.78 is 15.7. The lowest BCUT2D eigenvalue weighted by Crippen LogP contribution is -2.00. The van der Waals surface area contributed by atoms with Gasteiger partial charge in [0.2, 0.25) is 0 Å². The van der Waals surface area contributed by atoms with Crippen molar-refractivity contribution in [2.24, 2.45) is 0 Å². The zero-order valence-corrected chi connectivity index (χ0v) is 13.5. The van der Waals surface area contributed by atoms with Gasteiger partial charge in [0.15, 0.2) is 11.5 Å². The molecule has 0 heterocycles. The summed E-state index contributed by atoms with van der Waals surface area (Å²) in [5, 5.41) is 0. The number of methoxy groups -OCH3 is 2. The van der Waals surface area contributed by atoms with Gasteiger partial charge in [-0.15, -0.1) is 0 Å². The first-order valence-electron chi connectivity index (χ1n) is 7.35. The van der Waals surface area contributed by atoms with Gasteiger partial charge in [0.05, 0.1) is 20.8 Å². The van der Waals surface area contributed by atoms with Gasteiger partial charge in [-0.25, -0.2) is 4.79 Å². The third-order valence-electron chi connectivity index (χ3n) is 3.32. The van der Waals surface area contributed by atoms with Crippen LogP contribution in [0.3, 0.4) is 0 Å². The Bertz CT molecular complexity index is 690. The number of hydrogen-bond donors (Lipinski definition) is 0. The molecule has 0 aromatic heterocycles. The molecule has 0 spiro atoms. The zero-order valence-electron chi connectivity index (χ0n) is 13.5. The fourth-order valence-electron chi connectivity index (χ4n) is 2.24. The van der Waals surface area contributed by atoms with Crippen LogP contribution < -0.4 is 9.47 Å². The highest BCUT2D eigenvalue weighted by Crippen LogP contribution is 2.33. The van der Waals surface area contributed by atoms with Crippen LogP contribution >= 0.6 is 0 Å². The van der Waals surface area contributed by atoms with Crippen molar-refractivity contribution >= 4 is 11.5 Å². The van der Waals surface area contributed by atoms with Crippen LogP contribution in [-0.2, 0) is 9.53 Å². The largest absolute Gasteiger partial charge is 0.493 e. The van der Waals surface area contributed by atoms with Crippen molar-refractivity contribution in [2.75, 3.05) is 20.8 Å². The van der Waals surface area contributed by atoms with Crippen molar-refractivity contribution in [2.45, 2.75) is 6.92 Å². The van der Waals surface area contributed by atoms with Gasteiger partial charge in [0.25, 0.3) is 0 Å². The molecule has 0 radical (unpaired) electrons. The highest BCUT2D eigenvalue weighted by atomic mass is 16.5. The molecule has 0 amide bonds. The normalized spacial score (nSPS) is 11.0. The molecule has 0 unspecified atom stereocenters. The van der Waals surface area contributed by atoms with E-state index in [9.17, 15) is 4.79 Å². The van der Waals surface area contributed by atoms with Crippen LogP contribution in [-0.4, -0.2) is 26.8 Å². The quantitative estimate of drug-likeness (QED) is 0.602. The lowest BCUT2D eigenvalue weighted by atomic mass is 9.97. The summed E-state index contributed by atoms with van der Waals surface area (Å²) in [5.41, 5.74) is 2.54. The van der Waals surface area contributed by atoms with E-state index in [1.807, 2.05) is 55.5 Å². The number of hydrogen-bond acceptors (Lipinski definition) is 4. The van der Waals surface area contributed by atoms with Crippen LogP contribution in [0.1, 0.15) is 18.1 Å². The van der Waals surface area contributed by atoms with Crippen LogP contribution in [0.2, 0.25) is 0 Å². The van der Waals surface area contributed by atoms with Gasteiger partial charge in [-0.05, 0) is 35.8 Å². The van der Waals surface area contributed by atoms with Crippen LogP contribution in [0.4, 0.5) is 0 Å². The van der Waals surface area contributed by atoms with Gasteiger partial charge < -0.3 is 14.2 Å². The molecule has 2 aromatic carbocycles. The lowest BCUT2D eigenvalue weighted by Gasteiger charge is -2.13. The van der Waals surface area contributed by atoms with E-state index in [1.54, 1.807) is 7.11 Å². The van der Waals surface area contributed by atoms with Gasteiger partial charge in [-0.1, -0.05) is 36.4 Å². The highest BCUT2D eigenvalue weighted by molar-refractivity contribution is 5.96. The third-order valence-corrected chi connectivity index (χ3v) is 3.32. The Morgan fingerprint density at radius 3 is 2.35 bits per heavy atom. The first-order chi connectivity index (χ1) is 11.2. The smallest absolute Gasteiger partial charge is 0.331 e. The fraction of sp³-hybridized carbons (Fsp3) is 0.211. The molecule has 0 fully saturated rings. The van der Waals surface area contributed by atoms with Crippen LogP contribution in [0.5, 0.6) is 11.5 Å². The topological polar surface area (TPSA) is 44.8 Å². The third kappa shape index (κ3) is 4.13. The molecule has 0 aliphatic rings. The average Bonchev–Trinajstić information content (AvgIpc) is 2.60. The molecule has 0 N–H and O–H groups in total. The van der Waals surface area contributed by atoms with Gasteiger partial charge in [-0.3, -0.25) is 0 Å². The van der Waals surface area contributed by atoms with Crippen molar-refractivity contribution in [1.82, 2.24) is 0 Å². The number of esters is 1. The van der Waals surface area contributed by atoms with Gasteiger partial charge in [0, 0.05) is 6.08 Å². The summed E-state index contributed by atoms with van der Waals surface area (Å²) in [4.78, 5) is 11.7. The first-order valence-corrected chi connectivity index (χ1v) is 7.35. The van der Waals surface area contributed by atoms with Crippen molar-refractivity contribution in [3.05, 3.63) is 65.7 Å². The second-order valence-corrected chi connectivity index (χ2v) is 4.75. The number of benzene rings is 2. The minimum atomic E-state index is -0.405. The molecule has 0 saturated heterocycles. The molecule has 0 atom stereocenters. The van der Waals surface area contributed by atoms with Crippen LogP contribution in [0.15, 0.2) is 54.6 Å². The molecule has 0 saturated carbocycles. The maximum Gasteiger partial charge on any atom is 0.331 e. The maximum atomic E-state index is 11.7. The zero-order chi connectivity index (χ0) is 16.7. The molecule has 2 aromatic rings. The van der Waals surface area contributed by atoms with E-state index in [-0.39, 0.29) is 0 Å². The standard InChI is InChI=1S/C19H20O4/c1-4-23-18-12-15(10-11-17(18)21-2)16(13-19(20)22-3)14-8-6-5-7-9-14/h5-13H,4H2,1-3H3. The predicted octanol–water partition coefficient (Wildman–Crippen LogP) is 3.70. The molecular formula is C19H20O4. The van der Waals surface area contributed by atoms with Crippen molar-refractivity contribution in [1.29, 1.82) is 0 Å². The Hall–Kier alpha value is -2.75. The number of carbonyl (C=O) groups excluding carboxylic acids is 1. The Morgan fingerprint density at radius 2 is 1.74 bits per heavy atom. The summed E-state index contributed by atoms with van der Waals surface area (Å²) in [6.45, 7) is 2.44. The summed E-state index contributed by atoms with van der Waals surface area (Å²) in [5.74, 6) is 0.887. The summed E-state index contributed by atoms with van der Waals surface area (Å²) >= 11 is 0.